The lowest BCUT2D eigenvalue weighted by molar-refractivity contribution is -0.117. The Labute approximate surface area is 461 Å². The molecule has 80 heavy (non-hydrogen) atoms. The van der Waals surface area contributed by atoms with Crippen molar-refractivity contribution in [3.63, 3.8) is 0 Å². The van der Waals surface area contributed by atoms with Gasteiger partial charge in [0.25, 0.3) is 11.8 Å². The maximum absolute atomic E-state index is 13.2. The normalized spacial score (nSPS) is 16.9. The zero-order valence-corrected chi connectivity index (χ0v) is 45.0. The third-order valence-corrected chi connectivity index (χ3v) is 14.1. The molecule has 10 rings (SSSR count). The molecular weight excluding hydrogens is 1030 g/mol. The number of aliphatic hydroxyl groups is 1. The molecule has 0 radical (unpaired) electrons. The van der Waals surface area contributed by atoms with Crippen molar-refractivity contribution < 1.29 is 71.1 Å². The fraction of sp³-hybridized carbons (Fsp3) is 0.339. The van der Waals surface area contributed by atoms with Crippen LogP contribution >= 0.6 is 0 Å². The van der Waals surface area contributed by atoms with E-state index in [-0.39, 0.29) is 73.3 Å². The van der Waals surface area contributed by atoms with E-state index in [4.69, 9.17) is 27.8 Å². The zero-order valence-electron chi connectivity index (χ0n) is 45.0. The molecule has 2 aromatic heterocycles. The number of methoxy groups -OCH3 is 4. The molecule has 0 spiro atoms. The van der Waals surface area contributed by atoms with Crippen molar-refractivity contribution in [2.75, 3.05) is 77.3 Å². The standard InChI is InChI=1S/C30H33N3O8.C29H29N3O7/c1-32-22-17-26(25(38-2)16-20(22)28(35)33-13-5-9-21(33)29(32)36)40-14-6-10-27(34)31-19-8-4-7-18(15-19)23-11-12-24(41-23)30(37)39-3;1-36-25-15-21-22(30-17-20-8-4-12-32(20)28(21)34)16-26(25)38-13-5-9-27(33)31-19-7-3-6-18(14-19)23-10-11-24(39-23)29(35)37-2/h4,7-8,11-12,15-17,21,29,36H,5-6,9-10,13-14H2,1-3H3,(H,31,34);3,6-7,10-11,14-17,20H,4-5,8-9,12-13H2,1-2H3,(H,31,33)/t21-,29?;20-/m00/s1. The highest BCUT2D eigenvalue weighted by molar-refractivity contribution is 6.04. The molecule has 0 aliphatic carbocycles. The summed E-state index contributed by atoms with van der Waals surface area (Å²) in [4.78, 5) is 84.5. The number of nitrogens with one attached hydrogen (secondary N) is 2. The first-order valence-corrected chi connectivity index (χ1v) is 26.2. The van der Waals surface area contributed by atoms with Crippen LogP contribution in [-0.4, -0.2) is 137 Å². The Morgan fingerprint density at radius 2 is 1.16 bits per heavy atom. The summed E-state index contributed by atoms with van der Waals surface area (Å²) in [5.74, 6) is 1.26. The number of hydrogen-bond acceptors (Lipinski definition) is 17. The molecule has 21 heteroatoms. The highest BCUT2D eigenvalue weighted by atomic mass is 16.5. The van der Waals surface area contributed by atoms with Crippen molar-refractivity contribution in [2.24, 2.45) is 4.99 Å². The first-order valence-electron chi connectivity index (χ1n) is 26.2. The summed E-state index contributed by atoms with van der Waals surface area (Å²) in [7, 11) is 7.36. The molecule has 0 bridgehead atoms. The van der Waals surface area contributed by atoms with Crippen molar-refractivity contribution in [1.82, 2.24) is 9.80 Å². The molecule has 2 fully saturated rings. The molecule has 4 aromatic carbocycles. The Hall–Kier alpha value is -9.11. The molecule has 0 saturated carbocycles. The topological polar surface area (TPSA) is 250 Å². The minimum absolute atomic E-state index is 0.0240. The van der Waals surface area contributed by atoms with Gasteiger partial charge in [-0.25, -0.2) is 9.59 Å². The Morgan fingerprint density at radius 3 is 1.73 bits per heavy atom. The molecule has 4 aliphatic heterocycles. The number of likely N-dealkylation sites (N-methyl/N-ethyl adjacent to an activating group) is 1. The number of ether oxygens (including phenoxy) is 6. The van der Waals surface area contributed by atoms with Gasteiger partial charge in [-0.2, -0.15) is 0 Å². The summed E-state index contributed by atoms with van der Waals surface area (Å²) >= 11 is 0. The molecule has 418 valence electrons. The Bertz CT molecular complexity index is 3310. The van der Waals surface area contributed by atoms with Gasteiger partial charge in [0, 0.05) is 73.8 Å². The predicted molar refractivity (Wildman–Crippen MR) is 294 cm³/mol. The van der Waals surface area contributed by atoms with Crippen molar-refractivity contribution in [3.05, 3.63) is 120 Å². The van der Waals surface area contributed by atoms with Crippen molar-refractivity contribution in [2.45, 2.75) is 69.7 Å². The summed E-state index contributed by atoms with van der Waals surface area (Å²) in [6, 6.07) is 27.2. The first-order chi connectivity index (χ1) is 38.8. The van der Waals surface area contributed by atoms with Gasteiger partial charge in [0.05, 0.1) is 76.2 Å². The number of esters is 2. The van der Waals surface area contributed by atoms with E-state index in [1.54, 1.807) is 95.7 Å². The highest BCUT2D eigenvalue weighted by Gasteiger charge is 2.41. The van der Waals surface area contributed by atoms with E-state index in [0.717, 1.165) is 32.2 Å². The largest absolute Gasteiger partial charge is 0.493 e. The van der Waals surface area contributed by atoms with Gasteiger partial charge in [0.1, 0.15) is 17.7 Å². The number of nitrogens with zero attached hydrogens (tertiary/aromatic N) is 4. The van der Waals surface area contributed by atoms with E-state index >= 15 is 0 Å². The Morgan fingerprint density at radius 1 is 0.637 bits per heavy atom. The van der Waals surface area contributed by atoms with E-state index in [9.17, 15) is 33.9 Å². The number of carbonyl (C=O) groups excluding carboxylic acids is 6. The van der Waals surface area contributed by atoms with Gasteiger partial charge in [0.15, 0.2) is 23.0 Å². The van der Waals surface area contributed by atoms with Crippen LogP contribution in [-0.2, 0) is 19.1 Å². The molecule has 6 aromatic rings. The number of carbonyl (C=O) groups is 6. The molecule has 2 saturated heterocycles. The Balaban J connectivity index is 0.000000194. The number of amides is 4. The second kappa shape index (κ2) is 25.1. The lowest BCUT2D eigenvalue weighted by Gasteiger charge is -2.31. The van der Waals surface area contributed by atoms with Crippen molar-refractivity contribution in [3.8, 4) is 45.6 Å². The summed E-state index contributed by atoms with van der Waals surface area (Å²) < 4.78 is 43.3. The van der Waals surface area contributed by atoms with Crippen LogP contribution in [0.1, 0.15) is 93.2 Å². The van der Waals surface area contributed by atoms with Gasteiger partial charge in [-0.3, -0.25) is 24.2 Å². The second-order valence-electron chi connectivity index (χ2n) is 19.2. The van der Waals surface area contributed by atoms with Crippen molar-refractivity contribution in [1.29, 1.82) is 0 Å². The number of fused-ring (bicyclic) bond motifs is 4. The van der Waals surface area contributed by atoms with Gasteiger partial charge < -0.3 is 67.7 Å². The molecule has 4 amide bonds. The maximum Gasteiger partial charge on any atom is 0.373 e. The monoisotopic (exact) mass is 1090 g/mol. The highest BCUT2D eigenvalue weighted by Crippen LogP contribution is 2.41. The number of furan rings is 2. The number of hydrogen-bond donors (Lipinski definition) is 3. The maximum atomic E-state index is 13.2. The van der Waals surface area contributed by atoms with Gasteiger partial charge in [-0.05, 0) is 99.2 Å². The molecule has 21 nitrogen and oxygen atoms in total. The molecule has 1 unspecified atom stereocenters. The average molecular weight is 1100 g/mol. The molecule has 3 N–H and O–H groups in total. The second-order valence-corrected chi connectivity index (χ2v) is 19.2. The van der Waals surface area contributed by atoms with Crippen LogP contribution in [0.3, 0.4) is 0 Å². The first kappa shape index (κ1) is 55.6. The molecule has 3 atom stereocenters. The Kier molecular flexibility index (Phi) is 17.5. The van der Waals surface area contributed by atoms with Crippen LogP contribution < -0.4 is 34.5 Å². The van der Waals surface area contributed by atoms with Gasteiger partial charge in [-0.1, -0.05) is 24.3 Å². The van der Waals surface area contributed by atoms with Crippen LogP contribution in [0, 0.1) is 0 Å². The number of benzene rings is 4. The van der Waals surface area contributed by atoms with Crippen LogP contribution in [0.4, 0.5) is 22.7 Å². The van der Waals surface area contributed by atoms with Crippen LogP contribution in [0.15, 0.2) is 111 Å². The minimum Gasteiger partial charge on any atom is -0.493 e. The third kappa shape index (κ3) is 12.4. The van der Waals surface area contributed by atoms with Gasteiger partial charge in [-0.15, -0.1) is 0 Å². The van der Waals surface area contributed by atoms with E-state index in [2.05, 4.69) is 25.1 Å². The molecular formula is C59H62N6O15. The van der Waals surface area contributed by atoms with Gasteiger partial charge >= 0.3 is 11.9 Å². The van der Waals surface area contributed by atoms with Crippen LogP contribution in [0.2, 0.25) is 0 Å². The average Bonchev–Trinajstić information content (AvgIpc) is 4.44. The fourth-order valence-electron chi connectivity index (χ4n) is 10.00. The van der Waals surface area contributed by atoms with E-state index < -0.39 is 18.2 Å². The summed E-state index contributed by atoms with van der Waals surface area (Å²) in [5.41, 5.74) is 4.68. The van der Waals surface area contributed by atoms with Gasteiger partial charge in [0.2, 0.25) is 23.3 Å². The molecule has 4 aliphatic rings. The summed E-state index contributed by atoms with van der Waals surface area (Å²) in [5, 5.41) is 16.7. The van der Waals surface area contributed by atoms with E-state index in [0.29, 0.717) is 98.9 Å². The lowest BCUT2D eigenvalue weighted by Crippen LogP contribution is -2.47. The van der Waals surface area contributed by atoms with Crippen molar-refractivity contribution >= 4 is 64.5 Å². The van der Waals surface area contributed by atoms with Crippen LogP contribution in [0.25, 0.3) is 22.6 Å². The SMILES string of the molecule is COC(=O)c1ccc(-c2cccc(NC(=O)CCCOc3cc4c(cc3OC)C(=O)N3CCC[C@H]3C(O)N4C)c2)o1.COC(=O)c1ccc(-c2cccc(NC(=O)CCCOc3cc4c(cc3OC)C(=O)N3CCC[C@H]3C=N4)c2)o1. The molecule has 6 heterocycles. The van der Waals surface area contributed by atoms with E-state index in [1.165, 1.54) is 34.5 Å². The predicted octanol–water partition coefficient (Wildman–Crippen LogP) is 8.77. The number of anilines is 3. The minimum atomic E-state index is -0.825. The number of rotatable bonds is 18. The number of aliphatic imine (C=N–C) groups is 1. The smallest absolute Gasteiger partial charge is 0.373 e. The number of aliphatic hydroxyl groups excluding tert-OH is 1. The lowest BCUT2D eigenvalue weighted by atomic mass is 10.1. The van der Waals surface area contributed by atoms with E-state index in [1.807, 2.05) is 23.2 Å². The third-order valence-electron chi connectivity index (χ3n) is 14.1. The van der Waals surface area contributed by atoms with Crippen LogP contribution in [0.5, 0.6) is 23.0 Å². The quantitative estimate of drug-likeness (QED) is 0.0537. The zero-order chi connectivity index (χ0) is 56.5. The summed E-state index contributed by atoms with van der Waals surface area (Å²) in [6.07, 6.45) is 5.82. The summed E-state index contributed by atoms with van der Waals surface area (Å²) in [6.45, 7) is 1.85. The fourth-order valence-corrected chi connectivity index (χ4v) is 10.00.